The van der Waals surface area contributed by atoms with Gasteiger partial charge in [-0.3, -0.25) is 0 Å². The number of aromatic hydroxyl groups is 2. The standard InChI is InChI=1S/C21H12F3NO3/c22-21(23,24)18-8-13(27)7-17-16(18)9-15(11-1-3-12(26)4-2-11)20(17)14-5-6-28-19(14)10-25/h1-8,26-27H,9H2. The van der Waals surface area contributed by atoms with Gasteiger partial charge in [-0.2, -0.15) is 18.4 Å². The number of nitriles is 1. The Morgan fingerprint density at radius 2 is 1.68 bits per heavy atom. The van der Waals surface area contributed by atoms with Crippen molar-refractivity contribution in [3.8, 4) is 17.6 Å². The molecule has 0 unspecified atom stereocenters. The summed E-state index contributed by atoms with van der Waals surface area (Å²) in [6.07, 6.45) is -3.39. The molecule has 0 atom stereocenters. The van der Waals surface area contributed by atoms with Crippen LogP contribution in [0.2, 0.25) is 0 Å². The minimum atomic E-state index is -4.65. The minimum Gasteiger partial charge on any atom is -0.508 e. The summed E-state index contributed by atoms with van der Waals surface area (Å²) in [5, 5.41) is 28.8. The third-order valence-electron chi connectivity index (χ3n) is 4.72. The van der Waals surface area contributed by atoms with E-state index in [1.165, 1.54) is 30.5 Å². The van der Waals surface area contributed by atoms with Gasteiger partial charge in [0.25, 0.3) is 0 Å². The summed E-state index contributed by atoms with van der Waals surface area (Å²) in [6, 6.07) is 11.4. The molecule has 140 valence electrons. The predicted octanol–water partition coefficient (Wildman–Crippen LogP) is 5.10. The fraction of sp³-hybridized carbons (Fsp3) is 0.0952. The van der Waals surface area contributed by atoms with Crippen LogP contribution in [0, 0.1) is 11.3 Å². The number of allylic oxidation sites excluding steroid dienone is 1. The Morgan fingerprint density at radius 3 is 2.32 bits per heavy atom. The number of rotatable bonds is 2. The summed E-state index contributed by atoms with van der Waals surface area (Å²) in [6.45, 7) is 0. The summed E-state index contributed by atoms with van der Waals surface area (Å²) in [5.41, 5.74) is 1.19. The van der Waals surface area contributed by atoms with E-state index in [2.05, 4.69) is 0 Å². The molecule has 4 rings (SSSR count). The summed E-state index contributed by atoms with van der Waals surface area (Å²) in [5.74, 6) is -0.523. The van der Waals surface area contributed by atoms with E-state index in [1.807, 2.05) is 6.07 Å². The first-order valence-electron chi connectivity index (χ1n) is 8.23. The van der Waals surface area contributed by atoms with Gasteiger partial charge in [-0.1, -0.05) is 12.1 Å². The van der Waals surface area contributed by atoms with Crippen molar-refractivity contribution in [1.82, 2.24) is 0 Å². The highest BCUT2D eigenvalue weighted by molar-refractivity contribution is 6.05. The van der Waals surface area contributed by atoms with Crippen LogP contribution >= 0.6 is 0 Å². The van der Waals surface area contributed by atoms with Crippen molar-refractivity contribution in [3.63, 3.8) is 0 Å². The predicted molar refractivity (Wildman–Crippen MR) is 94.3 cm³/mol. The van der Waals surface area contributed by atoms with Crippen LogP contribution in [0.25, 0.3) is 11.1 Å². The zero-order valence-electron chi connectivity index (χ0n) is 14.2. The lowest BCUT2D eigenvalue weighted by atomic mass is 9.94. The van der Waals surface area contributed by atoms with E-state index >= 15 is 0 Å². The Labute approximate surface area is 157 Å². The molecule has 1 aromatic heterocycles. The smallest absolute Gasteiger partial charge is 0.416 e. The number of hydrogen-bond acceptors (Lipinski definition) is 4. The Balaban J connectivity index is 2.03. The highest BCUT2D eigenvalue weighted by atomic mass is 19.4. The molecule has 0 saturated heterocycles. The lowest BCUT2D eigenvalue weighted by molar-refractivity contribution is -0.138. The van der Waals surface area contributed by atoms with Crippen LogP contribution in [-0.2, 0) is 12.6 Å². The topological polar surface area (TPSA) is 77.4 Å². The molecule has 0 radical (unpaired) electrons. The Hall–Kier alpha value is -3.66. The van der Waals surface area contributed by atoms with E-state index < -0.39 is 17.5 Å². The minimum absolute atomic E-state index is 0.0217. The Kier molecular flexibility index (Phi) is 3.93. The normalized spacial score (nSPS) is 13.5. The van der Waals surface area contributed by atoms with Crippen molar-refractivity contribution >= 4 is 11.1 Å². The summed E-state index contributed by atoms with van der Waals surface area (Å²) in [7, 11) is 0. The number of nitrogens with zero attached hydrogens (tertiary/aromatic N) is 1. The number of halogens is 3. The number of phenolic OH excluding ortho intramolecular Hbond substituents is 2. The Morgan fingerprint density at radius 1 is 0.964 bits per heavy atom. The molecule has 0 fully saturated rings. The fourth-order valence-electron chi connectivity index (χ4n) is 3.56. The molecule has 4 nitrogen and oxygen atoms in total. The highest BCUT2D eigenvalue weighted by Crippen LogP contribution is 2.48. The van der Waals surface area contributed by atoms with E-state index in [4.69, 9.17) is 4.42 Å². The number of alkyl halides is 3. The zero-order chi connectivity index (χ0) is 20.1. The zero-order valence-corrected chi connectivity index (χ0v) is 14.2. The van der Waals surface area contributed by atoms with Crippen LogP contribution in [0.5, 0.6) is 11.5 Å². The van der Waals surface area contributed by atoms with E-state index in [0.29, 0.717) is 28.3 Å². The fourth-order valence-corrected chi connectivity index (χ4v) is 3.56. The molecule has 3 aromatic rings. The second kappa shape index (κ2) is 6.20. The van der Waals surface area contributed by atoms with Crippen molar-refractivity contribution in [2.75, 3.05) is 0 Å². The molecule has 0 bridgehead atoms. The van der Waals surface area contributed by atoms with Crippen LogP contribution in [-0.4, -0.2) is 10.2 Å². The van der Waals surface area contributed by atoms with Gasteiger partial charge < -0.3 is 14.6 Å². The van der Waals surface area contributed by atoms with Gasteiger partial charge in [-0.15, -0.1) is 0 Å². The Bertz CT molecular complexity index is 1150. The van der Waals surface area contributed by atoms with Crippen molar-refractivity contribution in [2.24, 2.45) is 0 Å². The highest BCUT2D eigenvalue weighted by Gasteiger charge is 2.39. The SMILES string of the molecule is N#Cc1occc1C1=C(c2ccc(O)cc2)Cc2c1cc(O)cc2C(F)(F)F. The molecule has 7 heteroatoms. The number of fused-ring (bicyclic) bond motifs is 1. The first kappa shape index (κ1) is 17.7. The van der Waals surface area contributed by atoms with E-state index in [1.54, 1.807) is 12.1 Å². The summed E-state index contributed by atoms with van der Waals surface area (Å²) in [4.78, 5) is 0. The van der Waals surface area contributed by atoms with Gasteiger partial charge in [0, 0.05) is 5.56 Å². The quantitative estimate of drug-likeness (QED) is 0.646. The number of hydrogen-bond donors (Lipinski definition) is 2. The third kappa shape index (κ3) is 2.79. The first-order valence-corrected chi connectivity index (χ1v) is 8.23. The third-order valence-corrected chi connectivity index (χ3v) is 4.72. The molecule has 2 aromatic carbocycles. The maximum absolute atomic E-state index is 13.6. The van der Waals surface area contributed by atoms with Gasteiger partial charge in [-0.25, -0.2) is 0 Å². The van der Waals surface area contributed by atoms with Gasteiger partial charge in [-0.05, 0) is 64.6 Å². The molecular weight excluding hydrogens is 371 g/mol. The molecule has 2 N–H and O–H groups in total. The van der Waals surface area contributed by atoms with Crippen molar-refractivity contribution in [2.45, 2.75) is 12.6 Å². The average molecular weight is 383 g/mol. The molecule has 0 aliphatic heterocycles. The van der Waals surface area contributed by atoms with Gasteiger partial charge in [0.15, 0.2) is 0 Å². The molecule has 0 amide bonds. The second-order valence-corrected chi connectivity index (χ2v) is 6.37. The average Bonchev–Trinajstić information content (AvgIpc) is 3.24. The van der Waals surface area contributed by atoms with E-state index in [9.17, 15) is 28.6 Å². The van der Waals surface area contributed by atoms with Gasteiger partial charge in [0.2, 0.25) is 5.76 Å². The van der Waals surface area contributed by atoms with E-state index in [0.717, 1.165) is 0 Å². The summed E-state index contributed by atoms with van der Waals surface area (Å²) < 4.78 is 45.9. The van der Waals surface area contributed by atoms with Crippen LogP contribution in [0.15, 0.2) is 53.1 Å². The molecular formula is C21H12F3NO3. The molecule has 1 aliphatic carbocycles. The van der Waals surface area contributed by atoms with Gasteiger partial charge in [0.1, 0.15) is 17.6 Å². The van der Waals surface area contributed by atoms with Gasteiger partial charge in [0.05, 0.1) is 11.8 Å². The van der Waals surface area contributed by atoms with Crippen molar-refractivity contribution in [3.05, 3.63) is 82.3 Å². The molecule has 0 saturated carbocycles. The molecule has 0 spiro atoms. The molecule has 28 heavy (non-hydrogen) atoms. The summed E-state index contributed by atoms with van der Waals surface area (Å²) >= 11 is 0. The maximum Gasteiger partial charge on any atom is 0.416 e. The number of furan rings is 1. The van der Waals surface area contributed by atoms with Crippen LogP contribution < -0.4 is 0 Å². The van der Waals surface area contributed by atoms with E-state index in [-0.39, 0.29) is 29.1 Å². The first-order chi connectivity index (χ1) is 13.3. The van der Waals surface area contributed by atoms with Crippen LogP contribution in [0.3, 0.4) is 0 Å². The maximum atomic E-state index is 13.6. The van der Waals surface area contributed by atoms with Crippen LogP contribution in [0.4, 0.5) is 13.2 Å². The van der Waals surface area contributed by atoms with Gasteiger partial charge >= 0.3 is 6.18 Å². The molecule has 1 heterocycles. The number of phenols is 2. The van der Waals surface area contributed by atoms with Crippen molar-refractivity contribution in [1.29, 1.82) is 5.26 Å². The molecule has 1 aliphatic rings. The number of benzene rings is 2. The monoisotopic (exact) mass is 383 g/mol. The second-order valence-electron chi connectivity index (χ2n) is 6.37. The van der Waals surface area contributed by atoms with Crippen molar-refractivity contribution < 1.29 is 27.8 Å². The lowest BCUT2D eigenvalue weighted by Crippen LogP contribution is -2.09. The largest absolute Gasteiger partial charge is 0.508 e. The van der Waals surface area contributed by atoms with Crippen LogP contribution in [0.1, 0.15) is 33.6 Å². The lowest BCUT2D eigenvalue weighted by Gasteiger charge is -2.14.